The lowest BCUT2D eigenvalue weighted by Gasteiger charge is -2.29. The van der Waals surface area contributed by atoms with E-state index in [4.69, 9.17) is 14.2 Å². The summed E-state index contributed by atoms with van der Waals surface area (Å²) in [5.74, 6) is 0.886. The van der Waals surface area contributed by atoms with Crippen molar-refractivity contribution in [3.8, 4) is 17.2 Å². The number of amides is 1. The van der Waals surface area contributed by atoms with Gasteiger partial charge in [0, 0.05) is 36.9 Å². The van der Waals surface area contributed by atoms with Gasteiger partial charge >= 0.3 is 0 Å². The minimum Gasteiger partial charge on any atom is -0.493 e. The number of hydrogen-bond donors (Lipinski definition) is 0. The number of rotatable bonds is 10. The molecule has 9 heteroatoms. The highest BCUT2D eigenvalue weighted by atomic mass is 32.2. The number of sulfone groups is 1. The van der Waals surface area contributed by atoms with Gasteiger partial charge in [-0.2, -0.15) is 0 Å². The number of carbonyl (C=O) groups is 1. The van der Waals surface area contributed by atoms with Crippen LogP contribution in [0.5, 0.6) is 17.2 Å². The Morgan fingerprint density at radius 2 is 1.56 bits per heavy atom. The number of anilines is 1. The highest BCUT2D eigenvalue weighted by molar-refractivity contribution is 7.91. The van der Waals surface area contributed by atoms with Gasteiger partial charge in [-0.15, -0.1) is 0 Å². The summed E-state index contributed by atoms with van der Waals surface area (Å²) in [5.41, 5.74) is 2.39. The molecule has 2 aromatic rings. The van der Waals surface area contributed by atoms with Crippen molar-refractivity contribution >= 4 is 21.4 Å². The van der Waals surface area contributed by atoms with Crippen LogP contribution in [0.4, 0.5) is 5.69 Å². The van der Waals surface area contributed by atoms with Crippen LogP contribution in [0.1, 0.15) is 36.2 Å². The zero-order valence-electron chi connectivity index (χ0n) is 20.5. The van der Waals surface area contributed by atoms with Crippen molar-refractivity contribution in [3.63, 3.8) is 0 Å². The van der Waals surface area contributed by atoms with Crippen molar-refractivity contribution in [3.05, 3.63) is 47.5 Å². The second kappa shape index (κ2) is 11.0. The van der Waals surface area contributed by atoms with E-state index in [1.165, 1.54) is 21.3 Å². The highest BCUT2D eigenvalue weighted by Gasteiger charge is 2.35. The molecule has 0 bridgehead atoms. The normalized spacial score (nSPS) is 16.7. The van der Waals surface area contributed by atoms with E-state index >= 15 is 0 Å². The molecule has 0 unspecified atom stereocenters. The number of benzene rings is 2. The maximum absolute atomic E-state index is 13.7. The van der Waals surface area contributed by atoms with Crippen molar-refractivity contribution in [2.24, 2.45) is 0 Å². The van der Waals surface area contributed by atoms with Crippen LogP contribution in [0, 0.1) is 0 Å². The van der Waals surface area contributed by atoms with Gasteiger partial charge in [-0.05, 0) is 50.1 Å². The number of ether oxygens (including phenoxy) is 3. The maximum Gasteiger partial charge on any atom is 0.254 e. The Balaban J connectivity index is 1.96. The smallest absolute Gasteiger partial charge is 0.254 e. The van der Waals surface area contributed by atoms with Gasteiger partial charge in [0.25, 0.3) is 5.91 Å². The lowest BCUT2D eigenvalue weighted by atomic mass is 10.1. The van der Waals surface area contributed by atoms with E-state index in [-0.39, 0.29) is 17.4 Å². The first-order chi connectivity index (χ1) is 16.3. The van der Waals surface area contributed by atoms with E-state index in [9.17, 15) is 13.2 Å². The van der Waals surface area contributed by atoms with Crippen LogP contribution in [0.15, 0.2) is 36.4 Å². The van der Waals surface area contributed by atoms with Crippen molar-refractivity contribution in [2.75, 3.05) is 50.8 Å². The van der Waals surface area contributed by atoms with Crippen LogP contribution in [-0.4, -0.2) is 71.2 Å². The summed E-state index contributed by atoms with van der Waals surface area (Å²) in [5, 5.41) is 0. The quantitative estimate of drug-likeness (QED) is 0.505. The van der Waals surface area contributed by atoms with Crippen LogP contribution in [0.3, 0.4) is 0 Å². The van der Waals surface area contributed by atoms with E-state index in [0.29, 0.717) is 35.8 Å². The van der Waals surface area contributed by atoms with Gasteiger partial charge in [0.05, 0.1) is 32.8 Å². The second-order valence-corrected chi connectivity index (χ2v) is 10.5. The third kappa shape index (κ3) is 5.58. The van der Waals surface area contributed by atoms with Crippen LogP contribution >= 0.6 is 0 Å². The Morgan fingerprint density at radius 1 is 0.971 bits per heavy atom. The van der Waals surface area contributed by atoms with Gasteiger partial charge in [-0.3, -0.25) is 4.79 Å². The van der Waals surface area contributed by atoms with Gasteiger partial charge < -0.3 is 24.0 Å². The van der Waals surface area contributed by atoms with Crippen molar-refractivity contribution < 1.29 is 27.4 Å². The second-order valence-electron chi connectivity index (χ2n) is 8.24. The van der Waals surface area contributed by atoms with E-state index in [2.05, 4.69) is 18.7 Å². The van der Waals surface area contributed by atoms with E-state index in [1.807, 2.05) is 24.3 Å². The third-order valence-electron chi connectivity index (χ3n) is 6.24. The molecule has 1 fully saturated rings. The third-order valence-corrected chi connectivity index (χ3v) is 7.99. The molecule has 8 nitrogen and oxygen atoms in total. The SMILES string of the molecule is CCN(CC)c1ccc(CN(C(=O)c2cc(OC)c(OC)c(OC)c2)[C@@H]2CCS(=O)(=O)C2)cc1. The molecule has 34 heavy (non-hydrogen) atoms. The summed E-state index contributed by atoms with van der Waals surface area (Å²) in [6, 6.07) is 10.9. The lowest BCUT2D eigenvalue weighted by Crippen LogP contribution is -2.40. The first-order valence-corrected chi connectivity index (χ1v) is 13.2. The Hall–Kier alpha value is -2.94. The molecule has 0 N–H and O–H groups in total. The van der Waals surface area contributed by atoms with Gasteiger partial charge in [0.1, 0.15) is 0 Å². The molecule has 1 heterocycles. The Kier molecular flexibility index (Phi) is 8.30. The van der Waals surface area contributed by atoms with E-state index in [0.717, 1.165) is 24.3 Å². The van der Waals surface area contributed by atoms with Crippen molar-refractivity contribution in [1.29, 1.82) is 0 Å². The summed E-state index contributed by atoms with van der Waals surface area (Å²) in [6.45, 7) is 6.32. The van der Waals surface area contributed by atoms with Gasteiger partial charge in [0.2, 0.25) is 5.75 Å². The Labute approximate surface area is 202 Å². The lowest BCUT2D eigenvalue weighted by molar-refractivity contribution is 0.0680. The molecule has 1 atom stereocenters. The van der Waals surface area contributed by atoms with Crippen molar-refractivity contribution in [2.45, 2.75) is 32.9 Å². The molecule has 1 saturated heterocycles. The molecule has 1 aliphatic rings. The van der Waals surface area contributed by atoms with Crippen molar-refractivity contribution in [1.82, 2.24) is 4.90 Å². The largest absolute Gasteiger partial charge is 0.493 e. The molecule has 0 aliphatic carbocycles. The monoisotopic (exact) mass is 490 g/mol. The standard InChI is InChI=1S/C25H34N2O6S/c1-6-26(7-2)20-10-8-18(9-11-20)16-27(21-12-13-34(29,30)17-21)25(28)19-14-22(31-3)24(33-5)23(15-19)32-4/h8-11,14-15,21H,6-7,12-13,16-17H2,1-5H3/t21-/m1/s1. The predicted molar refractivity (Wildman–Crippen MR) is 133 cm³/mol. The highest BCUT2D eigenvalue weighted by Crippen LogP contribution is 2.39. The van der Waals surface area contributed by atoms with Crippen LogP contribution < -0.4 is 19.1 Å². The van der Waals surface area contributed by atoms with Gasteiger partial charge in [-0.1, -0.05) is 12.1 Å². The Bertz CT molecular complexity index is 1070. The fourth-order valence-electron chi connectivity index (χ4n) is 4.36. The van der Waals surface area contributed by atoms with Crippen LogP contribution in [0.2, 0.25) is 0 Å². The number of methoxy groups -OCH3 is 3. The average molecular weight is 491 g/mol. The average Bonchev–Trinajstić information content (AvgIpc) is 3.21. The van der Waals surface area contributed by atoms with Gasteiger partial charge in [0.15, 0.2) is 21.3 Å². The number of nitrogens with zero attached hydrogens (tertiary/aromatic N) is 2. The fraction of sp³-hybridized carbons (Fsp3) is 0.480. The summed E-state index contributed by atoms with van der Waals surface area (Å²) >= 11 is 0. The molecule has 0 radical (unpaired) electrons. The topological polar surface area (TPSA) is 85.4 Å². The molecular weight excluding hydrogens is 456 g/mol. The zero-order valence-corrected chi connectivity index (χ0v) is 21.4. The van der Waals surface area contributed by atoms with Gasteiger partial charge in [-0.25, -0.2) is 8.42 Å². The minimum absolute atomic E-state index is 0.0410. The molecule has 0 spiro atoms. The first kappa shape index (κ1) is 25.7. The van der Waals surface area contributed by atoms with Crippen LogP contribution in [0.25, 0.3) is 0 Å². The molecule has 0 aromatic heterocycles. The fourth-order valence-corrected chi connectivity index (χ4v) is 6.09. The Morgan fingerprint density at radius 3 is 2.00 bits per heavy atom. The van der Waals surface area contributed by atoms with Crippen LogP contribution in [-0.2, 0) is 16.4 Å². The molecule has 186 valence electrons. The molecule has 1 aliphatic heterocycles. The molecular formula is C25H34N2O6S. The molecule has 2 aromatic carbocycles. The summed E-state index contributed by atoms with van der Waals surface area (Å²) in [7, 11) is 1.30. The molecule has 0 saturated carbocycles. The maximum atomic E-state index is 13.7. The molecule has 3 rings (SSSR count). The summed E-state index contributed by atoms with van der Waals surface area (Å²) < 4.78 is 40.6. The first-order valence-electron chi connectivity index (χ1n) is 11.4. The van der Waals surface area contributed by atoms with E-state index in [1.54, 1.807) is 17.0 Å². The number of carbonyl (C=O) groups excluding carboxylic acids is 1. The summed E-state index contributed by atoms with van der Waals surface area (Å²) in [4.78, 5) is 17.6. The number of hydrogen-bond acceptors (Lipinski definition) is 7. The zero-order chi connectivity index (χ0) is 24.9. The van der Waals surface area contributed by atoms with E-state index < -0.39 is 15.9 Å². The predicted octanol–water partition coefficient (Wildman–Crippen LogP) is 3.39. The summed E-state index contributed by atoms with van der Waals surface area (Å²) in [6.07, 6.45) is 0.413. The molecule has 1 amide bonds. The minimum atomic E-state index is -3.18.